The Bertz CT molecular complexity index is 849. The predicted octanol–water partition coefficient (Wildman–Crippen LogP) is 2.45. The average Bonchev–Trinajstić information content (AvgIpc) is 2.64. The molecule has 2 heterocycles. The van der Waals surface area contributed by atoms with Gasteiger partial charge >= 0.3 is 0 Å². The van der Waals surface area contributed by atoms with Crippen molar-refractivity contribution in [3.8, 4) is 0 Å². The number of amides is 2. The molecule has 2 amide bonds. The summed E-state index contributed by atoms with van der Waals surface area (Å²) in [5.41, 5.74) is 4.72. The summed E-state index contributed by atoms with van der Waals surface area (Å²) in [5, 5.41) is 3.24. The molecule has 2 aromatic rings. The number of hydrogen-bond donors (Lipinski definition) is 1. The molecular weight excluding hydrogens is 342 g/mol. The van der Waals surface area contributed by atoms with Crippen LogP contribution in [0.5, 0.6) is 0 Å². The molecule has 1 saturated heterocycles. The molecule has 1 fully saturated rings. The number of benzene rings is 1. The molecule has 7 nitrogen and oxygen atoms in total. The van der Waals surface area contributed by atoms with Crippen molar-refractivity contribution in [3.63, 3.8) is 0 Å². The molecular formula is C20H25N5O2. The van der Waals surface area contributed by atoms with Gasteiger partial charge in [-0.25, -0.2) is 9.97 Å². The maximum absolute atomic E-state index is 12.8. The summed E-state index contributed by atoms with van der Waals surface area (Å²) in [6.07, 6.45) is 1.59. The lowest BCUT2D eigenvalue weighted by Crippen LogP contribution is -2.50. The van der Waals surface area contributed by atoms with Gasteiger partial charge in [0.05, 0.1) is 0 Å². The Kier molecular flexibility index (Phi) is 5.39. The highest BCUT2D eigenvalue weighted by Crippen LogP contribution is 2.24. The van der Waals surface area contributed by atoms with Crippen molar-refractivity contribution in [1.29, 1.82) is 0 Å². The first kappa shape index (κ1) is 18.8. The number of piperazine rings is 1. The van der Waals surface area contributed by atoms with Gasteiger partial charge in [0.2, 0.25) is 11.9 Å². The topological polar surface area (TPSA) is 78.4 Å². The number of nitrogens with zero attached hydrogens (tertiary/aromatic N) is 4. The average molecular weight is 367 g/mol. The van der Waals surface area contributed by atoms with Crippen LogP contribution in [-0.2, 0) is 4.79 Å². The van der Waals surface area contributed by atoms with Crippen molar-refractivity contribution in [2.45, 2.75) is 27.7 Å². The number of carbonyl (C=O) groups is 2. The SMILES string of the molecule is CC(=O)N1CCN(C(=O)c2ccnc(Nc3c(C)cc(C)cc3C)n2)CC1. The van der Waals surface area contributed by atoms with E-state index in [9.17, 15) is 9.59 Å². The van der Waals surface area contributed by atoms with Crippen molar-refractivity contribution >= 4 is 23.5 Å². The second-order valence-corrected chi connectivity index (χ2v) is 6.96. The third-order valence-corrected chi connectivity index (χ3v) is 4.80. The first-order valence-electron chi connectivity index (χ1n) is 9.08. The second-order valence-electron chi connectivity index (χ2n) is 6.96. The van der Waals surface area contributed by atoms with Crippen LogP contribution in [0.1, 0.15) is 34.1 Å². The zero-order valence-corrected chi connectivity index (χ0v) is 16.2. The van der Waals surface area contributed by atoms with E-state index in [1.165, 1.54) is 5.56 Å². The first-order chi connectivity index (χ1) is 12.8. The minimum atomic E-state index is -0.138. The molecule has 1 aliphatic heterocycles. The lowest BCUT2D eigenvalue weighted by molar-refractivity contribution is -0.130. The largest absolute Gasteiger partial charge is 0.339 e. The van der Waals surface area contributed by atoms with E-state index in [0.717, 1.165) is 16.8 Å². The zero-order chi connectivity index (χ0) is 19.6. The molecule has 0 aliphatic carbocycles. The maximum Gasteiger partial charge on any atom is 0.272 e. The van der Waals surface area contributed by atoms with Gasteiger partial charge in [0.25, 0.3) is 5.91 Å². The monoisotopic (exact) mass is 367 g/mol. The Morgan fingerprint density at radius 2 is 1.59 bits per heavy atom. The lowest BCUT2D eigenvalue weighted by atomic mass is 10.1. The van der Waals surface area contributed by atoms with Gasteiger partial charge in [0.1, 0.15) is 5.69 Å². The van der Waals surface area contributed by atoms with Crippen molar-refractivity contribution < 1.29 is 9.59 Å². The number of rotatable bonds is 3. The van der Waals surface area contributed by atoms with Crippen LogP contribution in [0.3, 0.4) is 0 Å². The Labute approximate surface area is 159 Å². The van der Waals surface area contributed by atoms with Crippen molar-refractivity contribution in [2.24, 2.45) is 0 Å². The first-order valence-corrected chi connectivity index (χ1v) is 9.08. The predicted molar refractivity (Wildman–Crippen MR) is 104 cm³/mol. The van der Waals surface area contributed by atoms with Crippen molar-refractivity contribution in [3.05, 3.63) is 46.8 Å². The van der Waals surface area contributed by atoms with Gasteiger partial charge in [-0.05, 0) is 38.0 Å². The zero-order valence-electron chi connectivity index (χ0n) is 16.2. The van der Waals surface area contributed by atoms with Gasteiger partial charge in [-0.1, -0.05) is 17.7 Å². The van der Waals surface area contributed by atoms with Gasteiger partial charge in [-0.3, -0.25) is 9.59 Å². The highest BCUT2D eigenvalue weighted by Gasteiger charge is 2.24. The number of aromatic nitrogens is 2. The molecule has 27 heavy (non-hydrogen) atoms. The highest BCUT2D eigenvalue weighted by molar-refractivity contribution is 5.92. The van der Waals surface area contributed by atoms with Crippen LogP contribution in [0.25, 0.3) is 0 Å². The summed E-state index contributed by atoms with van der Waals surface area (Å²) in [4.78, 5) is 36.3. The Morgan fingerprint density at radius 1 is 1.00 bits per heavy atom. The third-order valence-electron chi connectivity index (χ3n) is 4.80. The van der Waals surface area contributed by atoms with Crippen LogP contribution in [0, 0.1) is 20.8 Å². The smallest absolute Gasteiger partial charge is 0.272 e. The Morgan fingerprint density at radius 3 is 2.19 bits per heavy atom. The molecule has 0 unspecified atom stereocenters. The maximum atomic E-state index is 12.8. The van der Waals surface area contributed by atoms with Crippen LogP contribution < -0.4 is 5.32 Å². The minimum absolute atomic E-state index is 0.0412. The van der Waals surface area contributed by atoms with Gasteiger partial charge in [-0.15, -0.1) is 0 Å². The van der Waals surface area contributed by atoms with E-state index >= 15 is 0 Å². The van der Waals surface area contributed by atoms with E-state index < -0.39 is 0 Å². The Balaban J connectivity index is 1.74. The highest BCUT2D eigenvalue weighted by atomic mass is 16.2. The fourth-order valence-corrected chi connectivity index (χ4v) is 3.41. The quantitative estimate of drug-likeness (QED) is 0.902. The molecule has 0 radical (unpaired) electrons. The fourth-order valence-electron chi connectivity index (χ4n) is 3.41. The molecule has 1 aromatic carbocycles. The molecule has 0 bridgehead atoms. The van der Waals surface area contributed by atoms with Crippen LogP contribution in [0.15, 0.2) is 24.4 Å². The standard InChI is InChI=1S/C20H25N5O2/c1-13-11-14(2)18(15(3)12-13)23-20-21-6-5-17(22-20)19(27)25-9-7-24(8-10-25)16(4)26/h5-6,11-12H,7-10H2,1-4H3,(H,21,22,23). The molecule has 1 aromatic heterocycles. The number of aryl methyl sites for hydroxylation is 3. The summed E-state index contributed by atoms with van der Waals surface area (Å²) in [6, 6.07) is 5.82. The second kappa shape index (κ2) is 7.73. The number of nitrogens with one attached hydrogen (secondary N) is 1. The molecule has 7 heteroatoms. The van der Waals surface area contributed by atoms with Crippen molar-refractivity contribution in [1.82, 2.24) is 19.8 Å². The molecule has 1 N–H and O–H groups in total. The summed E-state index contributed by atoms with van der Waals surface area (Å²) in [5.74, 6) is 0.304. The summed E-state index contributed by atoms with van der Waals surface area (Å²) < 4.78 is 0. The molecule has 3 rings (SSSR count). The van der Waals surface area contributed by atoms with Gasteiger partial charge in [0, 0.05) is 45.0 Å². The van der Waals surface area contributed by atoms with Crippen LogP contribution in [0.2, 0.25) is 0 Å². The van der Waals surface area contributed by atoms with Gasteiger partial charge in [0.15, 0.2) is 0 Å². The molecule has 1 aliphatic rings. The summed E-state index contributed by atoms with van der Waals surface area (Å²) in [6.45, 7) is 9.82. The van der Waals surface area contributed by atoms with Gasteiger partial charge in [-0.2, -0.15) is 0 Å². The van der Waals surface area contributed by atoms with Crippen molar-refractivity contribution in [2.75, 3.05) is 31.5 Å². The van der Waals surface area contributed by atoms with Crippen LogP contribution in [0.4, 0.5) is 11.6 Å². The third kappa shape index (κ3) is 4.24. The van der Waals surface area contributed by atoms with Gasteiger partial charge < -0.3 is 15.1 Å². The summed E-state index contributed by atoms with van der Waals surface area (Å²) >= 11 is 0. The number of anilines is 2. The van der Waals surface area contributed by atoms with Crippen LogP contribution in [-0.4, -0.2) is 57.8 Å². The van der Waals surface area contributed by atoms with E-state index in [1.807, 2.05) is 13.8 Å². The minimum Gasteiger partial charge on any atom is -0.339 e. The number of carbonyl (C=O) groups excluding carboxylic acids is 2. The van der Waals surface area contributed by atoms with Crippen LogP contribution >= 0.6 is 0 Å². The fraction of sp³-hybridized carbons (Fsp3) is 0.400. The molecule has 0 atom stereocenters. The number of hydrogen-bond acceptors (Lipinski definition) is 5. The van der Waals surface area contributed by atoms with E-state index in [2.05, 4.69) is 34.3 Å². The summed E-state index contributed by atoms with van der Waals surface area (Å²) in [7, 11) is 0. The Hall–Kier alpha value is -2.96. The molecule has 0 saturated carbocycles. The molecule has 0 spiro atoms. The van der Waals surface area contributed by atoms with E-state index in [0.29, 0.717) is 37.8 Å². The van der Waals surface area contributed by atoms with E-state index in [-0.39, 0.29) is 11.8 Å². The molecule has 142 valence electrons. The van der Waals surface area contributed by atoms with E-state index in [4.69, 9.17) is 0 Å². The normalized spacial score (nSPS) is 14.2. The van der Waals surface area contributed by atoms with E-state index in [1.54, 1.807) is 29.0 Å². The lowest BCUT2D eigenvalue weighted by Gasteiger charge is -2.34.